The number of hydrogen-bond donors (Lipinski definition) is 0. The van der Waals surface area contributed by atoms with Gasteiger partial charge in [-0.1, -0.05) is 41.2 Å². The zero-order chi connectivity index (χ0) is 18.1. The minimum Gasteiger partial charge on any atom is -0.495 e. The number of aromatic nitrogens is 1. The number of nitrogens with zero attached hydrogens (tertiary/aromatic N) is 2. The van der Waals surface area contributed by atoms with Crippen LogP contribution in [0.2, 0.25) is 0 Å². The number of fused-ring (bicyclic) bond motifs is 1. The third kappa shape index (κ3) is 3.37. The van der Waals surface area contributed by atoms with Crippen LogP contribution in [0.5, 0.6) is 5.75 Å². The number of amides is 1. The van der Waals surface area contributed by atoms with E-state index in [4.69, 9.17) is 4.74 Å². The van der Waals surface area contributed by atoms with E-state index >= 15 is 0 Å². The van der Waals surface area contributed by atoms with Crippen LogP contribution in [0.1, 0.15) is 22.3 Å². The van der Waals surface area contributed by atoms with Crippen LogP contribution in [0, 0.1) is 20.8 Å². The molecule has 0 saturated carbocycles. The number of methoxy groups -OCH3 is 1. The molecule has 0 N–H and O–H groups in total. The molecule has 0 radical (unpaired) electrons. The van der Waals surface area contributed by atoms with Gasteiger partial charge in [0.25, 0.3) is 5.91 Å². The molecule has 0 atom stereocenters. The number of ether oxygens (including phenoxy) is 1. The Labute approximate surface area is 151 Å². The van der Waals surface area contributed by atoms with Gasteiger partial charge in [0.15, 0.2) is 4.80 Å². The van der Waals surface area contributed by atoms with Crippen molar-refractivity contribution >= 4 is 27.5 Å². The highest BCUT2D eigenvalue weighted by molar-refractivity contribution is 7.16. The third-order valence-electron chi connectivity index (χ3n) is 4.39. The molecule has 3 rings (SSSR count). The number of hydrogen-bond acceptors (Lipinski definition) is 3. The van der Waals surface area contributed by atoms with E-state index in [0.717, 1.165) is 38.2 Å². The topological polar surface area (TPSA) is 43.6 Å². The molecule has 130 valence electrons. The molecule has 2 aromatic carbocycles. The quantitative estimate of drug-likeness (QED) is 0.717. The third-order valence-corrected chi connectivity index (χ3v) is 5.66. The van der Waals surface area contributed by atoms with Gasteiger partial charge in [0.1, 0.15) is 11.3 Å². The molecule has 0 fully saturated rings. The van der Waals surface area contributed by atoms with Gasteiger partial charge in [0.2, 0.25) is 0 Å². The van der Waals surface area contributed by atoms with Gasteiger partial charge in [-0.05, 0) is 43.5 Å². The van der Waals surface area contributed by atoms with Crippen molar-refractivity contribution in [3.63, 3.8) is 0 Å². The molecule has 0 spiro atoms. The molecule has 0 aliphatic carbocycles. The van der Waals surface area contributed by atoms with Gasteiger partial charge < -0.3 is 9.30 Å². The average Bonchev–Trinajstić information content (AvgIpc) is 2.89. The summed E-state index contributed by atoms with van der Waals surface area (Å²) >= 11 is 1.52. The summed E-state index contributed by atoms with van der Waals surface area (Å²) in [4.78, 5) is 17.6. The van der Waals surface area contributed by atoms with Gasteiger partial charge in [0, 0.05) is 7.05 Å². The summed E-state index contributed by atoms with van der Waals surface area (Å²) in [6, 6.07) is 10.1. The lowest BCUT2D eigenvalue weighted by Crippen LogP contribution is -2.14. The van der Waals surface area contributed by atoms with Crippen LogP contribution in [0.15, 0.2) is 35.3 Å². The van der Waals surface area contributed by atoms with Crippen molar-refractivity contribution in [2.24, 2.45) is 12.0 Å². The first-order valence-electron chi connectivity index (χ1n) is 8.17. The van der Waals surface area contributed by atoms with Gasteiger partial charge in [-0.2, -0.15) is 4.99 Å². The van der Waals surface area contributed by atoms with Crippen LogP contribution >= 0.6 is 11.3 Å². The fraction of sp³-hybridized carbons (Fsp3) is 0.300. The highest BCUT2D eigenvalue weighted by atomic mass is 32.1. The predicted octanol–water partition coefficient (Wildman–Crippen LogP) is 3.84. The number of aryl methyl sites for hydroxylation is 4. The largest absolute Gasteiger partial charge is 0.495 e. The van der Waals surface area contributed by atoms with E-state index in [0.29, 0.717) is 11.2 Å². The smallest absolute Gasteiger partial charge is 0.252 e. The molecule has 0 saturated heterocycles. The molecular weight excluding hydrogens is 332 g/mol. The number of carbonyl (C=O) groups excluding carboxylic acids is 1. The van der Waals surface area contributed by atoms with Crippen LogP contribution in [0.4, 0.5) is 0 Å². The van der Waals surface area contributed by atoms with Crippen LogP contribution < -0.4 is 9.54 Å². The molecule has 1 aromatic heterocycles. The Morgan fingerprint density at radius 3 is 2.60 bits per heavy atom. The normalized spacial score (nSPS) is 12.0. The maximum atomic E-state index is 12.5. The molecule has 0 aliphatic heterocycles. The highest BCUT2D eigenvalue weighted by Crippen LogP contribution is 2.29. The summed E-state index contributed by atoms with van der Waals surface area (Å²) in [7, 11) is 3.58. The summed E-state index contributed by atoms with van der Waals surface area (Å²) in [5.41, 5.74) is 5.44. The highest BCUT2D eigenvalue weighted by Gasteiger charge is 2.12. The Kier molecular flexibility index (Phi) is 4.77. The molecule has 0 unspecified atom stereocenters. The predicted molar refractivity (Wildman–Crippen MR) is 102 cm³/mol. The molecule has 3 aromatic rings. The van der Waals surface area contributed by atoms with Crippen molar-refractivity contribution in [3.05, 3.63) is 57.4 Å². The molecule has 0 aliphatic rings. The average molecular weight is 354 g/mol. The molecule has 25 heavy (non-hydrogen) atoms. The van der Waals surface area contributed by atoms with Gasteiger partial charge in [-0.3, -0.25) is 4.79 Å². The van der Waals surface area contributed by atoms with Gasteiger partial charge in [-0.15, -0.1) is 0 Å². The lowest BCUT2D eigenvalue weighted by molar-refractivity contribution is -0.117. The first kappa shape index (κ1) is 17.4. The summed E-state index contributed by atoms with van der Waals surface area (Å²) in [5, 5.41) is 0. The van der Waals surface area contributed by atoms with Crippen LogP contribution in [-0.2, 0) is 18.3 Å². The second kappa shape index (κ2) is 6.84. The zero-order valence-electron chi connectivity index (χ0n) is 15.2. The molecule has 5 heteroatoms. The summed E-state index contributed by atoms with van der Waals surface area (Å²) < 4.78 is 8.50. The zero-order valence-corrected chi connectivity index (χ0v) is 16.0. The van der Waals surface area contributed by atoms with Crippen molar-refractivity contribution in [3.8, 4) is 5.75 Å². The van der Waals surface area contributed by atoms with Crippen molar-refractivity contribution in [2.45, 2.75) is 27.2 Å². The van der Waals surface area contributed by atoms with Gasteiger partial charge in [-0.25, -0.2) is 0 Å². The maximum absolute atomic E-state index is 12.5. The number of thiazole rings is 1. The van der Waals surface area contributed by atoms with E-state index in [1.54, 1.807) is 7.11 Å². The van der Waals surface area contributed by atoms with E-state index in [2.05, 4.69) is 24.0 Å². The van der Waals surface area contributed by atoms with Gasteiger partial charge in [0.05, 0.1) is 18.2 Å². The Hall–Kier alpha value is -2.40. The lowest BCUT2D eigenvalue weighted by Gasteiger charge is -2.05. The fourth-order valence-corrected chi connectivity index (χ4v) is 4.04. The second-order valence-corrected chi connectivity index (χ2v) is 7.30. The van der Waals surface area contributed by atoms with Crippen molar-refractivity contribution in [1.29, 1.82) is 0 Å². The number of rotatable bonds is 3. The Morgan fingerprint density at radius 2 is 1.88 bits per heavy atom. The molecule has 1 amide bonds. The summed E-state index contributed by atoms with van der Waals surface area (Å²) in [6.07, 6.45) is 0.317. The van der Waals surface area contributed by atoms with E-state index < -0.39 is 0 Å². The van der Waals surface area contributed by atoms with E-state index in [1.807, 2.05) is 43.7 Å². The van der Waals surface area contributed by atoms with Crippen molar-refractivity contribution < 1.29 is 9.53 Å². The van der Waals surface area contributed by atoms with E-state index in [9.17, 15) is 4.79 Å². The van der Waals surface area contributed by atoms with Gasteiger partial charge >= 0.3 is 0 Å². The summed E-state index contributed by atoms with van der Waals surface area (Å²) in [6.45, 7) is 6.11. The van der Waals surface area contributed by atoms with Crippen LogP contribution in [0.25, 0.3) is 10.2 Å². The summed E-state index contributed by atoms with van der Waals surface area (Å²) in [5.74, 6) is 0.662. The standard InChI is InChI=1S/C20H22N2O2S/c1-12-6-7-13(2)15(10-12)11-17(23)21-20-22(4)18-16(24-5)9-8-14(3)19(18)25-20/h6-10H,11H2,1-5H3. The lowest BCUT2D eigenvalue weighted by atomic mass is 10.0. The Balaban J connectivity index is 2.04. The molecule has 0 bridgehead atoms. The Morgan fingerprint density at radius 1 is 1.16 bits per heavy atom. The minimum atomic E-state index is -0.132. The number of carbonyl (C=O) groups is 1. The van der Waals surface area contributed by atoms with Crippen LogP contribution in [-0.4, -0.2) is 17.6 Å². The Bertz CT molecular complexity index is 1030. The van der Waals surface area contributed by atoms with Crippen molar-refractivity contribution in [1.82, 2.24) is 4.57 Å². The first-order valence-corrected chi connectivity index (χ1v) is 8.99. The SMILES string of the molecule is COc1ccc(C)c2sc(=NC(=O)Cc3cc(C)ccc3C)n(C)c12. The molecule has 4 nitrogen and oxygen atoms in total. The second-order valence-electron chi connectivity index (χ2n) is 6.32. The first-order chi connectivity index (χ1) is 11.9. The van der Waals surface area contributed by atoms with Crippen LogP contribution in [0.3, 0.4) is 0 Å². The van der Waals surface area contributed by atoms with E-state index in [1.165, 1.54) is 11.3 Å². The molecule has 1 heterocycles. The van der Waals surface area contributed by atoms with Crippen molar-refractivity contribution in [2.75, 3.05) is 7.11 Å². The fourth-order valence-electron chi connectivity index (χ4n) is 2.92. The van der Waals surface area contributed by atoms with E-state index in [-0.39, 0.29) is 5.91 Å². The maximum Gasteiger partial charge on any atom is 0.252 e. The minimum absolute atomic E-state index is 0.132. The molecular formula is C20H22N2O2S. The monoisotopic (exact) mass is 354 g/mol. The number of benzene rings is 2.